The van der Waals surface area contributed by atoms with Crippen LogP contribution in [0, 0.1) is 5.92 Å². The number of rotatable bonds is 7. The largest absolute Gasteiger partial charge is 0.414 e. The predicted octanol–water partition coefficient (Wildman–Crippen LogP) is 4.94. The summed E-state index contributed by atoms with van der Waals surface area (Å²) in [5.41, 5.74) is 2.72. The third kappa shape index (κ3) is 4.22. The molecule has 4 nitrogen and oxygen atoms in total. The monoisotopic (exact) mass is 370 g/mol. The van der Waals surface area contributed by atoms with E-state index in [4.69, 9.17) is 4.42 Å². The molecule has 2 atom stereocenters. The first-order valence-corrected chi connectivity index (χ1v) is 10.2. The van der Waals surface area contributed by atoms with Gasteiger partial charge in [0.25, 0.3) is 11.8 Å². The number of hydrogen-bond acceptors (Lipinski definition) is 4. The minimum absolute atomic E-state index is 0.105. The Bertz CT molecular complexity index is 806. The van der Waals surface area contributed by atoms with Crippen molar-refractivity contribution in [1.29, 1.82) is 0 Å². The summed E-state index contributed by atoms with van der Waals surface area (Å²) >= 11 is 1.61. The van der Waals surface area contributed by atoms with Gasteiger partial charge in [0, 0.05) is 11.5 Å². The van der Waals surface area contributed by atoms with Crippen LogP contribution in [0.4, 0.5) is 0 Å². The van der Waals surface area contributed by atoms with Gasteiger partial charge in [-0.3, -0.25) is 0 Å². The maximum Gasteiger partial charge on any atom is 0.274 e. The van der Waals surface area contributed by atoms with Gasteiger partial charge in [0.2, 0.25) is 0 Å². The van der Waals surface area contributed by atoms with Crippen molar-refractivity contribution in [3.05, 3.63) is 58.8 Å². The van der Waals surface area contributed by atoms with Crippen LogP contribution in [0.1, 0.15) is 69.6 Å². The van der Waals surface area contributed by atoms with Crippen molar-refractivity contribution >= 4 is 11.3 Å². The highest BCUT2D eigenvalue weighted by Gasteiger charge is 2.26. The fourth-order valence-corrected chi connectivity index (χ4v) is 3.78. The smallest absolute Gasteiger partial charge is 0.274 e. The molecule has 26 heavy (non-hydrogen) atoms. The Balaban J connectivity index is 1.75. The molecule has 2 N–H and O–H groups in total. The molecule has 0 amide bonds. The van der Waals surface area contributed by atoms with Gasteiger partial charge in [0.05, 0.1) is 4.88 Å². The van der Waals surface area contributed by atoms with E-state index in [1.165, 1.54) is 11.1 Å². The quantitative estimate of drug-likeness (QED) is 0.640. The highest BCUT2D eigenvalue weighted by atomic mass is 32.1. The van der Waals surface area contributed by atoms with Crippen LogP contribution >= 0.6 is 11.3 Å². The van der Waals surface area contributed by atoms with Crippen LogP contribution in [0.15, 0.2) is 46.2 Å². The van der Waals surface area contributed by atoms with Gasteiger partial charge in [-0.2, -0.15) is 0 Å². The molecule has 2 heterocycles. The second-order valence-electron chi connectivity index (χ2n) is 7.50. The third-order valence-corrected chi connectivity index (χ3v) is 5.62. The maximum absolute atomic E-state index is 5.91. The van der Waals surface area contributed by atoms with Crippen LogP contribution in [0.5, 0.6) is 0 Å². The van der Waals surface area contributed by atoms with E-state index < -0.39 is 0 Å². The average Bonchev–Trinajstić information content (AvgIpc) is 3.30. The summed E-state index contributed by atoms with van der Waals surface area (Å²) in [6, 6.07) is 13.5. The predicted molar refractivity (Wildman–Crippen MR) is 106 cm³/mol. The van der Waals surface area contributed by atoms with Gasteiger partial charge in [-0.25, -0.2) is 0 Å². The van der Waals surface area contributed by atoms with Gasteiger partial charge in [-0.15, -0.1) is 21.5 Å². The van der Waals surface area contributed by atoms with Crippen LogP contribution in [0.25, 0.3) is 10.8 Å². The fraction of sp³-hybridized carbons (Fsp3) is 0.429. The lowest BCUT2D eigenvalue weighted by Crippen LogP contribution is -2.86. The highest BCUT2D eigenvalue weighted by molar-refractivity contribution is 7.13. The van der Waals surface area contributed by atoms with E-state index in [1.54, 1.807) is 11.3 Å². The van der Waals surface area contributed by atoms with Gasteiger partial charge < -0.3 is 9.73 Å². The molecule has 0 fully saturated rings. The minimum Gasteiger partial charge on any atom is -0.414 e. The highest BCUT2D eigenvalue weighted by Crippen LogP contribution is 2.25. The Kier molecular flexibility index (Phi) is 5.89. The summed E-state index contributed by atoms with van der Waals surface area (Å²) in [6.45, 7) is 11.1. The lowest BCUT2D eigenvalue weighted by atomic mass is 9.93. The number of aromatic nitrogens is 2. The SMILES string of the molecule is CC(C)c1ccc([C@H]([NH2+][C@H](C)c2nnc(-c3cccs3)o2)C(C)C)cc1. The molecular weight excluding hydrogens is 342 g/mol. The summed E-state index contributed by atoms with van der Waals surface area (Å²) in [4.78, 5) is 1.01. The Morgan fingerprint density at radius 3 is 2.19 bits per heavy atom. The van der Waals surface area contributed by atoms with Crippen molar-refractivity contribution in [2.24, 2.45) is 5.92 Å². The second kappa shape index (κ2) is 8.14. The molecule has 3 aromatic rings. The molecule has 0 aliphatic carbocycles. The molecule has 3 rings (SSSR count). The maximum atomic E-state index is 5.91. The molecule has 0 radical (unpaired) electrons. The number of hydrogen-bond donors (Lipinski definition) is 1. The number of benzene rings is 1. The van der Waals surface area contributed by atoms with Crippen molar-refractivity contribution in [3.8, 4) is 10.8 Å². The number of nitrogens with zero attached hydrogens (tertiary/aromatic N) is 2. The van der Waals surface area contributed by atoms with Gasteiger partial charge in [-0.1, -0.05) is 58.0 Å². The first kappa shape index (κ1) is 18.8. The molecular formula is C21H28N3OS+. The van der Waals surface area contributed by atoms with Crippen LogP contribution < -0.4 is 5.32 Å². The lowest BCUT2D eigenvalue weighted by Gasteiger charge is -2.22. The van der Waals surface area contributed by atoms with E-state index >= 15 is 0 Å². The zero-order valence-corrected chi connectivity index (χ0v) is 17.0. The summed E-state index contributed by atoms with van der Waals surface area (Å²) in [6.07, 6.45) is 0. The zero-order chi connectivity index (χ0) is 18.7. The summed E-state index contributed by atoms with van der Waals surface area (Å²) in [5.74, 6) is 2.34. The van der Waals surface area contributed by atoms with Gasteiger partial charge in [-0.05, 0) is 29.9 Å². The standard InChI is InChI=1S/C21H27N3OS/c1-13(2)16-8-10-17(11-9-16)19(14(3)4)22-15(5)20-23-24-21(25-20)18-7-6-12-26-18/h6-15,19,22H,1-5H3/p+1/t15-,19-/m1/s1. The first-order valence-electron chi connectivity index (χ1n) is 9.27. The Labute approximate surface area is 159 Å². The van der Waals surface area contributed by atoms with Crippen molar-refractivity contribution in [3.63, 3.8) is 0 Å². The summed E-state index contributed by atoms with van der Waals surface area (Å²) < 4.78 is 5.91. The first-order chi connectivity index (χ1) is 12.5. The summed E-state index contributed by atoms with van der Waals surface area (Å²) in [7, 11) is 0. The van der Waals surface area contributed by atoms with E-state index in [9.17, 15) is 0 Å². The third-order valence-electron chi connectivity index (χ3n) is 4.76. The molecule has 1 aromatic carbocycles. The van der Waals surface area contributed by atoms with E-state index in [2.05, 4.69) is 74.4 Å². The molecule has 0 unspecified atom stereocenters. The fourth-order valence-electron chi connectivity index (χ4n) is 3.13. The average molecular weight is 371 g/mol. The molecule has 0 spiro atoms. The second-order valence-corrected chi connectivity index (χ2v) is 8.44. The number of quaternary nitrogens is 1. The minimum atomic E-state index is 0.105. The molecule has 0 aliphatic rings. The van der Waals surface area contributed by atoms with E-state index in [0.717, 1.165) is 4.88 Å². The van der Waals surface area contributed by atoms with E-state index in [1.807, 2.05) is 17.5 Å². The van der Waals surface area contributed by atoms with E-state index in [-0.39, 0.29) is 6.04 Å². The topological polar surface area (TPSA) is 55.5 Å². The Hall–Kier alpha value is -1.98. The number of thiophene rings is 1. The number of nitrogens with two attached hydrogens (primary N) is 1. The lowest BCUT2D eigenvalue weighted by molar-refractivity contribution is -0.739. The van der Waals surface area contributed by atoms with Gasteiger partial charge >= 0.3 is 0 Å². The Morgan fingerprint density at radius 1 is 0.923 bits per heavy atom. The molecule has 2 aromatic heterocycles. The summed E-state index contributed by atoms with van der Waals surface area (Å²) in [5, 5.41) is 12.8. The molecule has 0 bridgehead atoms. The molecule has 138 valence electrons. The molecule has 0 saturated heterocycles. The molecule has 5 heteroatoms. The Morgan fingerprint density at radius 2 is 1.62 bits per heavy atom. The van der Waals surface area contributed by atoms with Crippen LogP contribution in [0.3, 0.4) is 0 Å². The molecule has 0 saturated carbocycles. The van der Waals surface area contributed by atoms with Crippen molar-refractivity contribution in [2.45, 2.75) is 52.6 Å². The normalized spacial score (nSPS) is 14.1. The van der Waals surface area contributed by atoms with Crippen LogP contribution in [-0.2, 0) is 0 Å². The van der Waals surface area contributed by atoms with Gasteiger partial charge in [0.15, 0.2) is 6.04 Å². The van der Waals surface area contributed by atoms with Crippen molar-refractivity contribution in [1.82, 2.24) is 10.2 Å². The van der Waals surface area contributed by atoms with Crippen molar-refractivity contribution in [2.75, 3.05) is 0 Å². The van der Waals surface area contributed by atoms with Gasteiger partial charge in [0.1, 0.15) is 6.04 Å². The van der Waals surface area contributed by atoms with E-state index in [0.29, 0.717) is 29.7 Å². The van der Waals surface area contributed by atoms with Crippen molar-refractivity contribution < 1.29 is 9.73 Å². The molecule has 0 aliphatic heterocycles. The zero-order valence-electron chi connectivity index (χ0n) is 16.1. The van der Waals surface area contributed by atoms with Crippen LogP contribution in [-0.4, -0.2) is 10.2 Å². The van der Waals surface area contributed by atoms with Crippen LogP contribution in [0.2, 0.25) is 0 Å².